The van der Waals surface area contributed by atoms with Crippen LogP contribution in [0.4, 0.5) is 0 Å². The van der Waals surface area contributed by atoms with E-state index in [0.717, 1.165) is 5.92 Å². The zero-order valence-corrected chi connectivity index (χ0v) is 7.01. The van der Waals surface area contributed by atoms with Crippen molar-refractivity contribution in [1.82, 2.24) is 0 Å². The zero-order chi connectivity index (χ0) is 7.40. The predicted molar refractivity (Wildman–Crippen MR) is 45.6 cm³/mol. The van der Waals surface area contributed by atoms with Crippen molar-refractivity contribution in [1.29, 1.82) is 0 Å². The molecule has 58 valence electrons. The molecule has 0 radical (unpaired) electrons. The Hall–Kier alpha value is -0.330. The van der Waals surface area contributed by atoms with Gasteiger partial charge in [0.15, 0.2) is 0 Å². The molecule has 0 heterocycles. The second-order valence-corrected chi connectivity index (χ2v) is 3.32. The summed E-state index contributed by atoms with van der Waals surface area (Å²) in [5.41, 5.74) is 0. The highest BCUT2D eigenvalue weighted by molar-refractivity contribution is 5.53. The molecule has 0 aromatic carbocycles. The summed E-state index contributed by atoms with van der Waals surface area (Å²) in [6.07, 6.45) is 7.32. The lowest BCUT2D eigenvalue weighted by molar-refractivity contribution is 0.350. The average Bonchev–Trinajstić information content (AvgIpc) is 1.95. The van der Waals surface area contributed by atoms with Crippen LogP contribution in [0.1, 0.15) is 39.5 Å². The lowest BCUT2D eigenvalue weighted by atomic mass is 9.88. The smallest absolute Gasteiger partial charge is 0.0495 e. The Bertz CT molecular complexity index is 110. The Balaban J connectivity index is 2.26. The molecular weight excluding hydrogens is 122 g/mol. The molecule has 1 fully saturated rings. The van der Waals surface area contributed by atoms with Crippen molar-refractivity contribution in [2.45, 2.75) is 45.6 Å². The van der Waals surface area contributed by atoms with Crippen LogP contribution in [0.5, 0.6) is 0 Å². The highest BCUT2D eigenvalue weighted by Crippen LogP contribution is 2.25. The largest absolute Gasteiger partial charge is 0.295 e. The van der Waals surface area contributed by atoms with Gasteiger partial charge in [-0.05, 0) is 44.7 Å². The molecule has 0 bridgehead atoms. The summed E-state index contributed by atoms with van der Waals surface area (Å²) in [4.78, 5) is 4.39. The van der Waals surface area contributed by atoms with Crippen LogP contribution < -0.4 is 0 Å². The Morgan fingerprint density at radius 1 is 1.20 bits per heavy atom. The van der Waals surface area contributed by atoms with Crippen LogP contribution in [0, 0.1) is 5.92 Å². The zero-order valence-electron chi connectivity index (χ0n) is 7.01. The van der Waals surface area contributed by atoms with Crippen molar-refractivity contribution < 1.29 is 0 Å². The van der Waals surface area contributed by atoms with E-state index in [4.69, 9.17) is 0 Å². The highest BCUT2D eigenvalue weighted by Gasteiger charge is 2.15. The maximum absolute atomic E-state index is 4.39. The molecular formula is C9H17N. The van der Waals surface area contributed by atoms with Crippen molar-refractivity contribution >= 4 is 6.21 Å². The topological polar surface area (TPSA) is 12.4 Å². The van der Waals surface area contributed by atoms with E-state index in [1.807, 2.05) is 13.1 Å². The molecule has 1 aliphatic carbocycles. The van der Waals surface area contributed by atoms with Crippen molar-refractivity contribution in [2.75, 3.05) is 0 Å². The maximum atomic E-state index is 4.39. The van der Waals surface area contributed by atoms with E-state index in [1.54, 1.807) is 0 Å². The lowest BCUT2D eigenvalue weighted by Crippen LogP contribution is -2.14. The summed E-state index contributed by atoms with van der Waals surface area (Å²) in [5, 5.41) is 0. The van der Waals surface area contributed by atoms with Crippen LogP contribution in [-0.4, -0.2) is 12.3 Å². The van der Waals surface area contributed by atoms with E-state index in [1.165, 1.54) is 25.7 Å². The minimum absolute atomic E-state index is 0.654. The van der Waals surface area contributed by atoms with Gasteiger partial charge in [0.2, 0.25) is 0 Å². The monoisotopic (exact) mass is 139 g/mol. The second kappa shape index (κ2) is 3.75. The van der Waals surface area contributed by atoms with Crippen LogP contribution >= 0.6 is 0 Å². The van der Waals surface area contributed by atoms with Gasteiger partial charge >= 0.3 is 0 Å². The van der Waals surface area contributed by atoms with Gasteiger partial charge in [0, 0.05) is 6.04 Å². The normalized spacial score (nSPS) is 35.0. The fourth-order valence-electron chi connectivity index (χ4n) is 1.60. The van der Waals surface area contributed by atoms with Crippen LogP contribution in [0.25, 0.3) is 0 Å². The van der Waals surface area contributed by atoms with Crippen molar-refractivity contribution in [2.24, 2.45) is 10.9 Å². The molecule has 0 aromatic heterocycles. The van der Waals surface area contributed by atoms with Crippen LogP contribution in [0.3, 0.4) is 0 Å². The van der Waals surface area contributed by atoms with Crippen molar-refractivity contribution in [3.8, 4) is 0 Å². The summed E-state index contributed by atoms with van der Waals surface area (Å²) in [5.74, 6) is 0.948. The van der Waals surface area contributed by atoms with Gasteiger partial charge in [-0.3, -0.25) is 4.99 Å². The summed E-state index contributed by atoms with van der Waals surface area (Å²) in [7, 11) is 0. The lowest BCUT2D eigenvalue weighted by Gasteiger charge is -2.22. The van der Waals surface area contributed by atoms with Gasteiger partial charge in [-0.15, -0.1) is 0 Å². The molecule has 0 spiro atoms. The molecule has 0 unspecified atom stereocenters. The van der Waals surface area contributed by atoms with Gasteiger partial charge in [0.05, 0.1) is 0 Å². The third kappa shape index (κ3) is 2.13. The molecule has 1 saturated carbocycles. The SMILES string of the molecule is CC=NC1CCC(C)CC1. The average molecular weight is 139 g/mol. The van der Waals surface area contributed by atoms with Crippen LogP contribution in [-0.2, 0) is 0 Å². The first-order chi connectivity index (χ1) is 4.83. The molecule has 0 saturated heterocycles. The standard InChI is InChI=1S/C9H17N/c1-3-10-9-6-4-8(2)5-7-9/h3,8-9H,4-7H2,1-2H3. The van der Waals surface area contributed by atoms with Gasteiger partial charge in [-0.1, -0.05) is 6.92 Å². The van der Waals surface area contributed by atoms with Gasteiger partial charge < -0.3 is 0 Å². The number of hydrogen-bond donors (Lipinski definition) is 0. The number of nitrogens with zero attached hydrogens (tertiary/aromatic N) is 1. The first kappa shape index (κ1) is 7.77. The molecule has 0 aromatic rings. The summed E-state index contributed by atoms with van der Waals surface area (Å²) >= 11 is 0. The van der Waals surface area contributed by atoms with E-state index < -0.39 is 0 Å². The predicted octanol–water partition coefficient (Wildman–Crippen LogP) is 2.66. The summed E-state index contributed by atoms with van der Waals surface area (Å²) in [6, 6.07) is 0.654. The second-order valence-electron chi connectivity index (χ2n) is 3.32. The molecule has 1 aliphatic rings. The quantitative estimate of drug-likeness (QED) is 0.495. The molecule has 1 nitrogen and oxygen atoms in total. The molecule has 1 heteroatoms. The molecule has 0 atom stereocenters. The first-order valence-corrected chi connectivity index (χ1v) is 4.30. The molecule has 0 N–H and O–H groups in total. The Morgan fingerprint density at radius 3 is 2.30 bits per heavy atom. The van der Waals surface area contributed by atoms with E-state index in [9.17, 15) is 0 Å². The first-order valence-electron chi connectivity index (χ1n) is 4.30. The summed E-state index contributed by atoms with van der Waals surface area (Å²) in [6.45, 7) is 4.35. The third-order valence-electron chi connectivity index (χ3n) is 2.35. The maximum Gasteiger partial charge on any atom is 0.0495 e. The van der Waals surface area contributed by atoms with Crippen LogP contribution in [0.15, 0.2) is 4.99 Å². The molecule has 0 aliphatic heterocycles. The minimum atomic E-state index is 0.654. The third-order valence-corrected chi connectivity index (χ3v) is 2.35. The van der Waals surface area contributed by atoms with Gasteiger partial charge in [-0.2, -0.15) is 0 Å². The van der Waals surface area contributed by atoms with Gasteiger partial charge in [-0.25, -0.2) is 0 Å². The van der Waals surface area contributed by atoms with E-state index in [-0.39, 0.29) is 0 Å². The Labute approximate surface area is 63.5 Å². The van der Waals surface area contributed by atoms with Crippen LogP contribution in [0.2, 0.25) is 0 Å². The van der Waals surface area contributed by atoms with E-state index in [0.29, 0.717) is 6.04 Å². The number of aliphatic imine (C=N–C) groups is 1. The fraction of sp³-hybridized carbons (Fsp3) is 0.889. The van der Waals surface area contributed by atoms with Gasteiger partial charge in [0.1, 0.15) is 0 Å². The van der Waals surface area contributed by atoms with E-state index in [2.05, 4.69) is 11.9 Å². The summed E-state index contributed by atoms with van der Waals surface area (Å²) < 4.78 is 0. The molecule has 10 heavy (non-hydrogen) atoms. The Morgan fingerprint density at radius 2 is 1.80 bits per heavy atom. The van der Waals surface area contributed by atoms with Crippen molar-refractivity contribution in [3.63, 3.8) is 0 Å². The number of rotatable bonds is 1. The fourth-order valence-corrected chi connectivity index (χ4v) is 1.60. The molecule has 1 rings (SSSR count). The number of hydrogen-bond acceptors (Lipinski definition) is 1. The van der Waals surface area contributed by atoms with Crippen molar-refractivity contribution in [3.05, 3.63) is 0 Å². The van der Waals surface area contributed by atoms with E-state index >= 15 is 0 Å². The Kier molecular flexibility index (Phi) is 2.91. The minimum Gasteiger partial charge on any atom is -0.295 e. The van der Waals surface area contributed by atoms with Gasteiger partial charge in [0.25, 0.3) is 0 Å². The molecule has 0 amide bonds. The highest BCUT2D eigenvalue weighted by atomic mass is 14.8.